The Morgan fingerprint density at radius 3 is 2.40 bits per heavy atom. The fraction of sp³-hybridized carbons (Fsp3) is 0.300. The minimum atomic E-state index is -1.11. The lowest BCUT2D eigenvalue weighted by Crippen LogP contribution is -2.29. The average molecular weight is 341 g/mol. The van der Waals surface area contributed by atoms with Crippen LogP contribution in [-0.4, -0.2) is 17.0 Å². The van der Waals surface area contributed by atoms with Crippen LogP contribution in [0.2, 0.25) is 0 Å². The summed E-state index contributed by atoms with van der Waals surface area (Å²) in [5.74, 6) is -0.541. The molecular weight excluding hydrogens is 318 g/mol. The van der Waals surface area contributed by atoms with Crippen molar-refractivity contribution in [3.8, 4) is 5.75 Å². The Labute approximate surface area is 147 Å². The smallest absolute Gasteiger partial charge is 0.309 e. The SMILES string of the molecule is Cc1c(COc2ccccc2)cccc1NC(=O)CC(C)(C)C(=O)O. The Morgan fingerprint density at radius 2 is 1.76 bits per heavy atom. The number of carboxylic acids is 1. The zero-order chi connectivity index (χ0) is 18.4. The van der Waals surface area contributed by atoms with Crippen LogP contribution in [-0.2, 0) is 16.2 Å². The Hall–Kier alpha value is -2.82. The van der Waals surface area contributed by atoms with Gasteiger partial charge >= 0.3 is 5.97 Å². The van der Waals surface area contributed by atoms with Crippen molar-refractivity contribution in [3.05, 3.63) is 59.7 Å². The molecule has 132 valence electrons. The van der Waals surface area contributed by atoms with Crippen molar-refractivity contribution in [3.63, 3.8) is 0 Å². The van der Waals surface area contributed by atoms with E-state index >= 15 is 0 Å². The predicted octanol–water partition coefficient (Wildman–Crippen LogP) is 4.01. The van der Waals surface area contributed by atoms with Crippen molar-refractivity contribution in [1.29, 1.82) is 0 Å². The molecular formula is C20H23NO4. The molecule has 0 heterocycles. The zero-order valence-electron chi connectivity index (χ0n) is 14.7. The number of ether oxygens (including phenoxy) is 1. The summed E-state index contributed by atoms with van der Waals surface area (Å²) in [4.78, 5) is 23.3. The lowest BCUT2D eigenvalue weighted by atomic mass is 9.89. The molecule has 0 bridgehead atoms. The molecule has 0 aliphatic rings. The van der Waals surface area contributed by atoms with Gasteiger partial charge in [0.2, 0.25) is 5.91 Å². The topological polar surface area (TPSA) is 75.6 Å². The van der Waals surface area contributed by atoms with Crippen LogP contribution in [0.25, 0.3) is 0 Å². The van der Waals surface area contributed by atoms with Gasteiger partial charge in [0.25, 0.3) is 0 Å². The molecule has 0 aromatic heterocycles. The van der Waals surface area contributed by atoms with E-state index in [1.807, 2.05) is 49.4 Å². The van der Waals surface area contributed by atoms with Crippen molar-refractivity contribution in [2.24, 2.45) is 5.41 Å². The van der Waals surface area contributed by atoms with Crippen LogP contribution >= 0.6 is 0 Å². The number of benzene rings is 2. The Bertz CT molecular complexity index is 754. The average Bonchev–Trinajstić information content (AvgIpc) is 2.56. The third-order valence-corrected chi connectivity index (χ3v) is 4.04. The second kappa shape index (κ2) is 7.83. The van der Waals surface area contributed by atoms with Gasteiger partial charge in [-0.25, -0.2) is 0 Å². The van der Waals surface area contributed by atoms with Crippen molar-refractivity contribution < 1.29 is 19.4 Å². The zero-order valence-corrected chi connectivity index (χ0v) is 14.7. The van der Waals surface area contributed by atoms with E-state index in [9.17, 15) is 9.59 Å². The number of aliphatic carboxylic acids is 1. The van der Waals surface area contributed by atoms with Gasteiger partial charge in [-0.1, -0.05) is 30.3 Å². The molecule has 0 fully saturated rings. The highest BCUT2D eigenvalue weighted by atomic mass is 16.5. The molecule has 0 saturated heterocycles. The van der Waals surface area contributed by atoms with Gasteiger partial charge in [0.05, 0.1) is 5.41 Å². The monoisotopic (exact) mass is 341 g/mol. The molecule has 1 amide bonds. The molecule has 5 nitrogen and oxygen atoms in total. The maximum Gasteiger partial charge on any atom is 0.309 e. The molecule has 5 heteroatoms. The van der Waals surface area contributed by atoms with E-state index in [0.717, 1.165) is 16.9 Å². The van der Waals surface area contributed by atoms with Gasteiger partial charge in [-0.15, -0.1) is 0 Å². The van der Waals surface area contributed by atoms with Crippen LogP contribution in [0.1, 0.15) is 31.4 Å². The molecule has 2 N–H and O–H groups in total. The quantitative estimate of drug-likeness (QED) is 0.798. The number of anilines is 1. The van der Waals surface area contributed by atoms with E-state index in [1.54, 1.807) is 6.07 Å². The number of amides is 1. The molecule has 2 aromatic rings. The molecule has 0 aliphatic carbocycles. The van der Waals surface area contributed by atoms with Gasteiger partial charge in [0.1, 0.15) is 12.4 Å². The standard InChI is InChI=1S/C20H23NO4/c1-14-15(13-25-16-9-5-4-6-10-16)8-7-11-17(14)21-18(22)12-20(2,3)19(23)24/h4-11H,12-13H2,1-3H3,(H,21,22)(H,23,24). The molecule has 2 aromatic carbocycles. The number of carbonyl (C=O) groups excluding carboxylic acids is 1. The molecule has 0 atom stereocenters. The van der Waals surface area contributed by atoms with E-state index in [1.165, 1.54) is 13.8 Å². The summed E-state index contributed by atoms with van der Waals surface area (Å²) in [5.41, 5.74) is 1.42. The molecule has 0 spiro atoms. The fourth-order valence-corrected chi connectivity index (χ4v) is 2.32. The maximum absolute atomic E-state index is 12.2. The van der Waals surface area contributed by atoms with Crippen LogP contribution in [0.5, 0.6) is 5.75 Å². The molecule has 2 rings (SSSR count). The first-order valence-electron chi connectivity index (χ1n) is 8.09. The second-order valence-electron chi connectivity index (χ2n) is 6.61. The summed E-state index contributed by atoms with van der Waals surface area (Å²) in [6.07, 6.45) is -0.0908. The van der Waals surface area contributed by atoms with Crippen LogP contribution in [0.15, 0.2) is 48.5 Å². The largest absolute Gasteiger partial charge is 0.489 e. The van der Waals surface area contributed by atoms with Gasteiger partial charge in [-0.2, -0.15) is 0 Å². The van der Waals surface area contributed by atoms with Crippen molar-refractivity contribution in [2.75, 3.05) is 5.32 Å². The van der Waals surface area contributed by atoms with E-state index < -0.39 is 11.4 Å². The number of nitrogens with one attached hydrogen (secondary N) is 1. The van der Waals surface area contributed by atoms with Crippen molar-refractivity contribution in [2.45, 2.75) is 33.8 Å². The fourth-order valence-electron chi connectivity index (χ4n) is 2.32. The van der Waals surface area contributed by atoms with Gasteiger partial charge in [-0.3, -0.25) is 9.59 Å². The molecule has 0 radical (unpaired) electrons. The van der Waals surface area contributed by atoms with Crippen molar-refractivity contribution >= 4 is 17.6 Å². The number of carboxylic acid groups (broad SMARTS) is 1. The number of hydrogen-bond donors (Lipinski definition) is 2. The maximum atomic E-state index is 12.2. The second-order valence-corrected chi connectivity index (χ2v) is 6.61. The summed E-state index contributed by atoms with van der Waals surface area (Å²) in [6.45, 7) is 5.36. The summed E-state index contributed by atoms with van der Waals surface area (Å²) in [7, 11) is 0. The third-order valence-electron chi connectivity index (χ3n) is 4.04. The summed E-state index contributed by atoms with van der Waals surface area (Å²) in [5, 5.41) is 11.9. The summed E-state index contributed by atoms with van der Waals surface area (Å²) >= 11 is 0. The van der Waals surface area contributed by atoms with Crippen LogP contribution in [0.3, 0.4) is 0 Å². The molecule has 0 aliphatic heterocycles. The first-order valence-corrected chi connectivity index (χ1v) is 8.09. The number of para-hydroxylation sites is 1. The number of carbonyl (C=O) groups is 2. The highest BCUT2D eigenvalue weighted by molar-refractivity contribution is 5.94. The highest BCUT2D eigenvalue weighted by Crippen LogP contribution is 2.24. The number of hydrogen-bond acceptors (Lipinski definition) is 3. The predicted molar refractivity (Wildman–Crippen MR) is 96.6 cm³/mol. The van der Waals surface area contributed by atoms with Crippen LogP contribution in [0.4, 0.5) is 5.69 Å². The van der Waals surface area contributed by atoms with E-state index in [2.05, 4.69) is 5.32 Å². The summed E-state index contributed by atoms with van der Waals surface area (Å²) < 4.78 is 5.75. The minimum absolute atomic E-state index is 0.0908. The normalized spacial score (nSPS) is 11.0. The Morgan fingerprint density at radius 1 is 1.08 bits per heavy atom. The first-order chi connectivity index (χ1) is 11.8. The Kier molecular flexibility index (Phi) is 5.80. The van der Waals surface area contributed by atoms with Gasteiger partial charge in [0.15, 0.2) is 0 Å². The minimum Gasteiger partial charge on any atom is -0.489 e. The molecule has 25 heavy (non-hydrogen) atoms. The van der Waals surface area contributed by atoms with Gasteiger partial charge in [0, 0.05) is 12.1 Å². The van der Waals surface area contributed by atoms with Gasteiger partial charge in [-0.05, 0) is 50.1 Å². The third kappa shape index (κ3) is 5.08. The van der Waals surface area contributed by atoms with E-state index in [0.29, 0.717) is 12.3 Å². The molecule has 0 unspecified atom stereocenters. The van der Waals surface area contributed by atoms with E-state index in [4.69, 9.17) is 9.84 Å². The lowest BCUT2D eigenvalue weighted by molar-refractivity contribution is -0.148. The summed E-state index contributed by atoms with van der Waals surface area (Å²) in [6, 6.07) is 15.1. The lowest BCUT2D eigenvalue weighted by Gasteiger charge is -2.19. The highest BCUT2D eigenvalue weighted by Gasteiger charge is 2.30. The Balaban J connectivity index is 2.05. The van der Waals surface area contributed by atoms with Crippen molar-refractivity contribution in [1.82, 2.24) is 0 Å². The van der Waals surface area contributed by atoms with Crippen LogP contribution in [0, 0.1) is 12.3 Å². The molecule has 0 saturated carbocycles. The first kappa shape index (κ1) is 18.5. The number of rotatable bonds is 7. The van der Waals surface area contributed by atoms with E-state index in [-0.39, 0.29) is 12.3 Å². The van der Waals surface area contributed by atoms with Gasteiger partial charge < -0.3 is 15.2 Å². The van der Waals surface area contributed by atoms with Crippen LogP contribution < -0.4 is 10.1 Å².